The molecule has 4 atom stereocenters. The van der Waals surface area contributed by atoms with Crippen molar-refractivity contribution in [3.8, 4) is 0 Å². The number of aromatic amines is 2. The molecule has 11 heteroatoms. The maximum atomic E-state index is 14.1. The predicted molar refractivity (Wildman–Crippen MR) is 242 cm³/mol. The Balaban J connectivity index is 0.936. The van der Waals surface area contributed by atoms with Gasteiger partial charge in [-0.05, 0) is 113 Å². The van der Waals surface area contributed by atoms with Crippen molar-refractivity contribution >= 4 is 39.6 Å². The van der Waals surface area contributed by atoms with E-state index in [9.17, 15) is 9.59 Å². The first-order valence-electron chi connectivity index (χ1n) is 21.5. The molecule has 5 aromatic carbocycles. The van der Waals surface area contributed by atoms with E-state index in [2.05, 4.69) is 75.5 Å². The lowest BCUT2D eigenvalue weighted by Gasteiger charge is -2.31. The molecule has 0 unspecified atom stereocenters. The molecule has 61 heavy (non-hydrogen) atoms. The van der Waals surface area contributed by atoms with Crippen molar-refractivity contribution in [2.45, 2.75) is 62.9 Å². The number of carbonyl (C=O) groups is 2. The van der Waals surface area contributed by atoms with Crippen molar-refractivity contribution in [3.63, 3.8) is 0 Å². The van der Waals surface area contributed by atoms with Gasteiger partial charge in [-0.15, -0.1) is 0 Å². The van der Waals surface area contributed by atoms with Gasteiger partial charge in [0.25, 0.3) is 0 Å². The molecule has 2 aliphatic rings. The van der Waals surface area contributed by atoms with E-state index in [1.807, 2.05) is 115 Å². The van der Waals surface area contributed by atoms with Gasteiger partial charge in [0.1, 0.15) is 23.7 Å². The number of amides is 2. The Morgan fingerprint density at radius 2 is 1.00 bits per heavy atom. The topological polar surface area (TPSA) is 108 Å². The fourth-order valence-corrected chi connectivity index (χ4v) is 9.51. The van der Waals surface area contributed by atoms with Crippen LogP contribution in [0, 0.1) is 0 Å². The number of anilines is 1. The summed E-state index contributed by atoms with van der Waals surface area (Å²) in [6, 6.07) is 42.6. The van der Waals surface area contributed by atoms with Crippen LogP contribution < -0.4 is 4.90 Å². The van der Waals surface area contributed by atoms with Gasteiger partial charge in [-0.1, -0.05) is 91.0 Å². The van der Waals surface area contributed by atoms with E-state index in [1.165, 1.54) is 0 Å². The van der Waals surface area contributed by atoms with Crippen molar-refractivity contribution in [1.82, 2.24) is 39.5 Å². The quantitative estimate of drug-likeness (QED) is 0.120. The fourth-order valence-electron chi connectivity index (χ4n) is 9.51. The number of carbonyl (C=O) groups excluding carboxylic acids is 2. The van der Waals surface area contributed by atoms with Gasteiger partial charge in [-0.2, -0.15) is 0 Å². The Labute approximate surface area is 358 Å². The van der Waals surface area contributed by atoms with Crippen LogP contribution in [0.15, 0.2) is 127 Å². The number of H-pyrrole nitrogens is 2. The Bertz CT molecular complexity index is 2440. The maximum Gasteiger partial charge on any atom is 0.245 e. The molecule has 0 spiro atoms. The summed E-state index contributed by atoms with van der Waals surface area (Å²) in [5.74, 6) is 1.90. The zero-order valence-corrected chi connectivity index (χ0v) is 35.5. The third-order valence-corrected chi connectivity index (χ3v) is 12.4. The number of benzene rings is 5. The molecule has 312 valence electrons. The number of imidazole rings is 2. The second-order valence-electron chi connectivity index (χ2n) is 17.1. The van der Waals surface area contributed by atoms with Crippen LogP contribution in [-0.2, 0) is 22.7 Å². The normalized spacial score (nSPS) is 17.8. The number of fused-ring (bicyclic) bond motifs is 2. The third-order valence-electron chi connectivity index (χ3n) is 12.4. The standard InChI is InChI=1S/C50H55N9O2/c1-55(2)45(36-16-8-5-9-17-36)49(60)58-28-14-22-43(58)47-51-39-26-24-34(30-41(39)53-47)32-57(38-20-12-7-13-21-38)33-35-25-27-40-42(31-35)54-48(52-40)44-23-15-29-59(44)50(61)46(56(3)4)37-18-10-6-11-19-37/h5-13,16-21,24-27,30-31,43-46H,14-15,22-23,28-29,32-33H2,1-4H3,(H,51,53)(H,52,54)/t43-,44-,45+,46+/m0/s1. The SMILES string of the molecule is CN(C)[C@@H](C(=O)N1CCC[C@H]1c1nc2cc(CN(Cc3ccc4[nH]c([C@@H]5CCCN5C(=O)[C@@H](c5ccccc5)N(C)C)nc4c3)c3ccccc3)ccc2[nH]1)c1ccccc1. The molecule has 9 rings (SSSR count). The summed E-state index contributed by atoms with van der Waals surface area (Å²) in [4.78, 5) is 56.1. The molecule has 2 N–H and O–H groups in total. The second-order valence-corrected chi connectivity index (χ2v) is 17.1. The zero-order valence-electron chi connectivity index (χ0n) is 35.5. The van der Waals surface area contributed by atoms with Gasteiger partial charge >= 0.3 is 0 Å². The van der Waals surface area contributed by atoms with Gasteiger partial charge in [0.15, 0.2) is 0 Å². The maximum absolute atomic E-state index is 14.1. The van der Waals surface area contributed by atoms with Gasteiger partial charge in [0, 0.05) is 31.9 Å². The number of aromatic nitrogens is 4. The summed E-state index contributed by atoms with van der Waals surface area (Å²) in [7, 11) is 7.87. The number of hydrogen-bond donors (Lipinski definition) is 2. The molecular weight excluding hydrogens is 759 g/mol. The van der Waals surface area contributed by atoms with E-state index in [4.69, 9.17) is 9.97 Å². The average Bonchev–Trinajstić information content (AvgIpc) is 4.10. The molecule has 2 fully saturated rings. The Morgan fingerprint density at radius 3 is 1.41 bits per heavy atom. The summed E-state index contributed by atoms with van der Waals surface area (Å²) < 4.78 is 0. The minimum Gasteiger partial charge on any atom is -0.363 e. The molecule has 0 aliphatic carbocycles. The number of rotatable bonds is 13. The minimum atomic E-state index is -0.354. The van der Waals surface area contributed by atoms with E-state index < -0.39 is 0 Å². The summed E-state index contributed by atoms with van der Waals surface area (Å²) in [5, 5.41) is 0. The molecule has 11 nitrogen and oxygen atoms in total. The molecule has 7 aromatic rings. The van der Waals surface area contributed by atoms with Crippen LogP contribution in [-0.4, -0.2) is 92.6 Å². The fraction of sp³-hybridized carbons (Fsp3) is 0.320. The van der Waals surface area contributed by atoms with Crippen LogP contribution in [0.4, 0.5) is 5.69 Å². The second kappa shape index (κ2) is 17.4. The summed E-state index contributed by atoms with van der Waals surface area (Å²) in [5.41, 5.74) is 9.14. The lowest BCUT2D eigenvalue weighted by atomic mass is 10.0. The highest BCUT2D eigenvalue weighted by atomic mass is 16.2. The average molecular weight is 814 g/mol. The van der Waals surface area contributed by atoms with E-state index in [0.29, 0.717) is 26.2 Å². The molecule has 0 bridgehead atoms. The van der Waals surface area contributed by atoms with E-state index in [-0.39, 0.29) is 36.0 Å². The van der Waals surface area contributed by atoms with Crippen molar-refractivity contribution in [3.05, 3.63) is 161 Å². The lowest BCUT2D eigenvalue weighted by Crippen LogP contribution is -2.40. The smallest absolute Gasteiger partial charge is 0.245 e. The van der Waals surface area contributed by atoms with Crippen molar-refractivity contribution < 1.29 is 9.59 Å². The summed E-state index contributed by atoms with van der Waals surface area (Å²) >= 11 is 0. The van der Waals surface area contributed by atoms with Gasteiger partial charge in [0.05, 0.1) is 34.2 Å². The summed E-state index contributed by atoms with van der Waals surface area (Å²) in [6.45, 7) is 2.78. The highest BCUT2D eigenvalue weighted by Crippen LogP contribution is 2.37. The first kappa shape index (κ1) is 40.1. The number of nitrogens with one attached hydrogen (secondary N) is 2. The van der Waals surface area contributed by atoms with Crippen LogP contribution in [0.1, 0.15) is 83.8 Å². The first-order valence-corrected chi connectivity index (χ1v) is 21.5. The van der Waals surface area contributed by atoms with E-state index in [1.54, 1.807) is 0 Å². The highest BCUT2D eigenvalue weighted by Gasteiger charge is 2.38. The molecule has 2 aromatic heterocycles. The van der Waals surface area contributed by atoms with Gasteiger partial charge < -0.3 is 24.7 Å². The molecule has 0 saturated carbocycles. The van der Waals surface area contributed by atoms with Crippen LogP contribution >= 0.6 is 0 Å². The molecule has 4 heterocycles. The van der Waals surface area contributed by atoms with Gasteiger partial charge in [0.2, 0.25) is 11.8 Å². The predicted octanol–water partition coefficient (Wildman–Crippen LogP) is 8.58. The Kier molecular flexibility index (Phi) is 11.4. The molecule has 2 amide bonds. The first-order chi connectivity index (χ1) is 29.7. The lowest BCUT2D eigenvalue weighted by molar-refractivity contribution is -0.138. The Hall–Kier alpha value is -6.30. The minimum absolute atomic E-state index is 0.103. The third kappa shape index (κ3) is 8.28. The van der Waals surface area contributed by atoms with Crippen LogP contribution in [0.2, 0.25) is 0 Å². The molecule has 0 radical (unpaired) electrons. The van der Waals surface area contributed by atoms with Crippen molar-refractivity contribution in [1.29, 1.82) is 0 Å². The van der Waals surface area contributed by atoms with Crippen LogP contribution in [0.3, 0.4) is 0 Å². The van der Waals surface area contributed by atoms with Gasteiger partial charge in [-0.25, -0.2) is 9.97 Å². The van der Waals surface area contributed by atoms with Crippen LogP contribution in [0.25, 0.3) is 22.1 Å². The molecule has 2 aliphatic heterocycles. The molecular formula is C50H55N9O2. The highest BCUT2D eigenvalue weighted by molar-refractivity contribution is 5.85. The number of likely N-dealkylation sites (tertiary alicyclic amines) is 2. The number of likely N-dealkylation sites (N-methyl/N-ethyl adjacent to an activating group) is 2. The summed E-state index contributed by atoms with van der Waals surface area (Å²) in [6.07, 6.45) is 3.63. The number of para-hydroxylation sites is 1. The van der Waals surface area contributed by atoms with Crippen molar-refractivity contribution in [2.75, 3.05) is 46.2 Å². The molecule has 2 saturated heterocycles. The number of nitrogens with zero attached hydrogens (tertiary/aromatic N) is 7. The Morgan fingerprint density at radius 1 is 0.590 bits per heavy atom. The van der Waals surface area contributed by atoms with E-state index in [0.717, 1.165) is 87.3 Å². The van der Waals surface area contributed by atoms with Gasteiger partial charge in [-0.3, -0.25) is 19.4 Å². The zero-order chi connectivity index (χ0) is 42.0. The largest absolute Gasteiger partial charge is 0.363 e. The monoisotopic (exact) mass is 813 g/mol. The van der Waals surface area contributed by atoms with Crippen LogP contribution in [0.5, 0.6) is 0 Å². The van der Waals surface area contributed by atoms with E-state index >= 15 is 0 Å². The number of hydrogen-bond acceptors (Lipinski definition) is 7. The van der Waals surface area contributed by atoms with Crippen molar-refractivity contribution in [2.24, 2.45) is 0 Å².